The predicted octanol–water partition coefficient (Wildman–Crippen LogP) is 1.69. The number of fused-ring (bicyclic) bond motifs is 1. The molecule has 1 N–H and O–H groups in total. The van der Waals surface area contributed by atoms with Crippen LogP contribution in [0.2, 0.25) is 0 Å². The number of aromatic amines is 1. The lowest BCUT2D eigenvalue weighted by Crippen LogP contribution is -1.87. The van der Waals surface area contributed by atoms with Crippen molar-refractivity contribution < 1.29 is 9.53 Å². The maximum atomic E-state index is 10.7. The van der Waals surface area contributed by atoms with E-state index in [4.69, 9.17) is 4.74 Å². The van der Waals surface area contributed by atoms with Gasteiger partial charge in [0.25, 0.3) is 0 Å². The number of hydrogen-bond acceptors (Lipinski definition) is 3. The number of aryl methyl sites for hydroxylation is 1. The molecule has 72 valence electrons. The molecule has 2 aromatic rings. The molecular formula is C10H10N2O2. The standard InChI is InChI=1S/C10H10N2O2/c1-6-3-7-10(9(4-6)14-2)8(5-13)12-11-7/h3-5H,1-2H3,(H,11,12). The molecule has 0 aliphatic rings. The molecule has 0 fully saturated rings. The van der Waals surface area contributed by atoms with E-state index in [1.165, 1.54) is 0 Å². The van der Waals surface area contributed by atoms with Crippen LogP contribution in [0.1, 0.15) is 16.1 Å². The first-order chi connectivity index (χ1) is 6.76. The van der Waals surface area contributed by atoms with E-state index in [1.54, 1.807) is 7.11 Å². The molecule has 1 heterocycles. The Balaban J connectivity index is 2.85. The molecule has 14 heavy (non-hydrogen) atoms. The Kier molecular flexibility index (Phi) is 1.96. The molecule has 0 saturated heterocycles. The van der Waals surface area contributed by atoms with E-state index in [0.29, 0.717) is 11.4 Å². The molecule has 4 nitrogen and oxygen atoms in total. The van der Waals surface area contributed by atoms with Crippen LogP contribution in [0.4, 0.5) is 0 Å². The first-order valence-electron chi connectivity index (χ1n) is 4.24. The molecule has 0 unspecified atom stereocenters. The number of nitrogens with zero attached hydrogens (tertiary/aromatic N) is 1. The number of methoxy groups -OCH3 is 1. The molecule has 0 saturated carbocycles. The average Bonchev–Trinajstić information content (AvgIpc) is 2.59. The van der Waals surface area contributed by atoms with E-state index in [1.807, 2.05) is 19.1 Å². The minimum atomic E-state index is 0.455. The molecule has 0 spiro atoms. The van der Waals surface area contributed by atoms with Crippen molar-refractivity contribution in [3.05, 3.63) is 23.4 Å². The van der Waals surface area contributed by atoms with Gasteiger partial charge in [-0.1, -0.05) is 0 Å². The van der Waals surface area contributed by atoms with Gasteiger partial charge in [0.15, 0.2) is 6.29 Å². The fraction of sp³-hybridized carbons (Fsp3) is 0.200. The molecule has 1 aromatic heterocycles. The van der Waals surface area contributed by atoms with Crippen molar-refractivity contribution in [2.45, 2.75) is 6.92 Å². The van der Waals surface area contributed by atoms with E-state index in [-0.39, 0.29) is 0 Å². The Morgan fingerprint density at radius 2 is 2.29 bits per heavy atom. The summed E-state index contributed by atoms with van der Waals surface area (Å²) in [4.78, 5) is 10.7. The third-order valence-corrected chi connectivity index (χ3v) is 2.13. The molecule has 0 bridgehead atoms. The van der Waals surface area contributed by atoms with Gasteiger partial charge in [-0.25, -0.2) is 0 Å². The number of aldehydes is 1. The van der Waals surface area contributed by atoms with Gasteiger partial charge in [-0.3, -0.25) is 9.89 Å². The van der Waals surface area contributed by atoms with Gasteiger partial charge in [-0.05, 0) is 24.6 Å². The van der Waals surface area contributed by atoms with Gasteiger partial charge in [-0.2, -0.15) is 5.10 Å². The monoisotopic (exact) mass is 190 g/mol. The summed E-state index contributed by atoms with van der Waals surface area (Å²) in [7, 11) is 1.58. The summed E-state index contributed by atoms with van der Waals surface area (Å²) in [6.07, 6.45) is 0.743. The molecule has 2 rings (SSSR count). The summed E-state index contributed by atoms with van der Waals surface area (Å²) in [6, 6.07) is 3.78. The van der Waals surface area contributed by atoms with Gasteiger partial charge in [0.2, 0.25) is 0 Å². The number of ether oxygens (including phenoxy) is 1. The Labute approximate surface area is 80.9 Å². The number of carbonyl (C=O) groups is 1. The van der Waals surface area contributed by atoms with Crippen LogP contribution < -0.4 is 4.74 Å². The van der Waals surface area contributed by atoms with E-state index in [0.717, 1.165) is 22.8 Å². The highest BCUT2D eigenvalue weighted by atomic mass is 16.5. The van der Waals surface area contributed by atoms with Crippen molar-refractivity contribution >= 4 is 17.2 Å². The van der Waals surface area contributed by atoms with E-state index >= 15 is 0 Å². The van der Waals surface area contributed by atoms with Crippen LogP contribution in [-0.2, 0) is 0 Å². The van der Waals surface area contributed by atoms with Gasteiger partial charge in [0.05, 0.1) is 18.0 Å². The minimum absolute atomic E-state index is 0.455. The second-order valence-electron chi connectivity index (χ2n) is 3.12. The molecule has 0 atom stereocenters. The summed E-state index contributed by atoms with van der Waals surface area (Å²) in [5.41, 5.74) is 2.26. The zero-order chi connectivity index (χ0) is 10.1. The Morgan fingerprint density at radius 1 is 1.50 bits per heavy atom. The summed E-state index contributed by atoms with van der Waals surface area (Å²) in [5.74, 6) is 0.677. The number of rotatable bonds is 2. The molecule has 1 aromatic carbocycles. The summed E-state index contributed by atoms with van der Waals surface area (Å²) in [6.45, 7) is 1.96. The zero-order valence-corrected chi connectivity index (χ0v) is 8.00. The number of nitrogens with one attached hydrogen (secondary N) is 1. The first-order valence-corrected chi connectivity index (χ1v) is 4.24. The van der Waals surface area contributed by atoms with Gasteiger partial charge in [0.1, 0.15) is 11.4 Å². The number of benzene rings is 1. The SMILES string of the molecule is COc1cc(C)cc2n[nH]c(C=O)c12. The molecule has 4 heteroatoms. The summed E-state index contributed by atoms with van der Waals surface area (Å²) in [5, 5.41) is 7.43. The molecule has 0 aliphatic carbocycles. The molecule has 0 radical (unpaired) electrons. The first kappa shape index (κ1) is 8.74. The fourth-order valence-electron chi connectivity index (χ4n) is 1.52. The second kappa shape index (κ2) is 3.14. The number of carbonyl (C=O) groups excluding carboxylic acids is 1. The largest absolute Gasteiger partial charge is 0.496 e. The number of H-pyrrole nitrogens is 1. The van der Waals surface area contributed by atoms with Crippen LogP contribution in [0.3, 0.4) is 0 Å². The smallest absolute Gasteiger partial charge is 0.168 e. The lowest BCUT2D eigenvalue weighted by molar-refractivity contribution is 0.112. The van der Waals surface area contributed by atoms with Crippen molar-refractivity contribution in [3.8, 4) is 5.75 Å². The van der Waals surface area contributed by atoms with Crippen LogP contribution in [0, 0.1) is 6.92 Å². The maximum Gasteiger partial charge on any atom is 0.168 e. The maximum absolute atomic E-state index is 10.7. The van der Waals surface area contributed by atoms with Crippen molar-refractivity contribution in [2.75, 3.05) is 7.11 Å². The Morgan fingerprint density at radius 3 is 2.93 bits per heavy atom. The molecule has 0 aliphatic heterocycles. The highest BCUT2D eigenvalue weighted by Gasteiger charge is 2.10. The van der Waals surface area contributed by atoms with Gasteiger partial charge < -0.3 is 4.74 Å². The molecule has 0 amide bonds. The van der Waals surface area contributed by atoms with Gasteiger partial charge in [-0.15, -0.1) is 0 Å². The second-order valence-corrected chi connectivity index (χ2v) is 3.12. The van der Waals surface area contributed by atoms with Crippen molar-refractivity contribution in [1.82, 2.24) is 10.2 Å². The van der Waals surface area contributed by atoms with Crippen molar-refractivity contribution in [3.63, 3.8) is 0 Å². The third kappa shape index (κ3) is 1.16. The van der Waals surface area contributed by atoms with Gasteiger partial charge in [0, 0.05) is 0 Å². The molecular weight excluding hydrogens is 180 g/mol. The average molecular weight is 190 g/mol. The quantitative estimate of drug-likeness (QED) is 0.733. The lowest BCUT2D eigenvalue weighted by atomic mass is 10.1. The van der Waals surface area contributed by atoms with E-state index in [9.17, 15) is 4.79 Å². The highest BCUT2D eigenvalue weighted by Crippen LogP contribution is 2.27. The third-order valence-electron chi connectivity index (χ3n) is 2.13. The predicted molar refractivity (Wildman–Crippen MR) is 52.8 cm³/mol. The van der Waals surface area contributed by atoms with Gasteiger partial charge >= 0.3 is 0 Å². The normalized spacial score (nSPS) is 10.4. The number of hydrogen-bond donors (Lipinski definition) is 1. The highest BCUT2D eigenvalue weighted by molar-refractivity contribution is 5.99. The van der Waals surface area contributed by atoms with Crippen LogP contribution in [0.25, 0.3) is 10.9 Å². The van der Waals surface area contributed by atoms with Crippen LogP contribution in [-0.4, -0.2) is 23.6 Å². The van der Waals surface area contributed by atoms with E-state index in [2.05, 4.69) is 10.2 Å². The fourth-order valence-corrected chi connectivity index (χ4v) is 1.52. The van der Waals surface area contributed by atoms with Crippen LogP contribution >= 0.6 is 0 Å². The zero-order valence-electron chi connectivity index (χ0n) is 8.00. The topological polar surface area (TPSA) is 55.0 Å². The van der Waals surface area contributed by atoms with E-state index < -0.39 is 0 Å². The van der Waals surface area contributed by atoms with Crippen molar-refractivity contribution in [2.24, 2.45) is 0 Å². The Bertz CT molecular complexity index is 488. The van der Waals surface area contributed by atoms with Crippen LogP contribution in [0.15, 0.2) is 12.1 Å². The summed E-state index contributed by atoms with van der Waals surface area (Å²) < 4.78 is 5.19. The minimum Gasteiger partial charge on any atom is -0.496 e. The Hall–Kier alpha value is -1.84. The van der Waals surface area contributed by atoms with Crippen LogP contribution in [0.5, 0.6) is 5.75 Å². The summed E-state index contributed by atoms with van der Waals surface area (Å²) >= 11 is 0. The lowest BCUT2D eigenvalue weighted by Gasteiger charge is -2.02. The number of aromatic nitrogens is 2. The van der Waals surface area contributed by atoms with Crippen molar-refractivity contribution in [1.29, 1.82) is 0 Å².